The van der Waals surface area contributed by atoms with Crippen LogP contribution in [0.4, 0.5) is 0 Å². The van der Waals surface area contributed by atoms with Gasteiger partial charge in [0.25, 0.3) is 11.0 Å². The quantitative estimate of drug-likeness (QED) is 0.387. The van der Waals surface area contributed by atoms with Crippen molar-refractivity contribution < 1.29 is 41.9 Å². The molecular weight excluding hydrogens is 326 g/mol. The zero-order valence-corrected chi connectivity index (χ0v) is 12.5. The van der Waals surface area contributed by atoms with Crippen molar-refractivity contribution in [1.29, 1.82) is 0 Å². The summed E-state index contributed by atoms with van der Waals surface area (Å²) in [6.07, 6.45) is -1.59. The highest BCUT2D eigenvalue weighted by Gasteiger charge is 2.50. The number of quaternary nitrogens is 1. The van der Waals surface area contributed by atoms with E-state index < -0.39 is 17.3 Å². The Hall–Kier alpha value is -0.810. The highest BCUT2D eigenvalue weighted by Crippen LogP contribution is 2.29. The Morgan fingerprint density at radius 2 is 2.14 bits per heavy atom. The average Bonchev–Trinajstić information content (AvgIpc) is 3.09. The summed E-state index contributed by atoms with van der Waals surface area (Å²) in [7, 11) is 0. The molecule has 3 fully saturated rings. The van der Waals surface area contributed by atoms with Gasteiger partial charge in [0.2, 0.25) is 0 Å². The van der Waals surface area contributed by atoms with Crippen LogP contribution in [0.2, 0.25) is 0 Å². The van der Waals surface area contributed by atoms with Gasteiger partial charge in [-0.2, -0.15) is 0 Å². The summed E-state index contributed by atoms with van der Waals surface area (Å²) in [5.41, 5.74) is 0. The molecule has 3 rings (SSSR count). The number of ether oxygens (including phenoxy) is 2. The summed E-state index contributed by atoms with van der Waals surface area (Å²) < 4.78 is 11.0. The van der Waals surface area contributed by atoms with E-state index in [1.54, 1.807) is 11.8 Å². The molecule has 0 aromatic rings. The van der Waals surface area contributed by atoms with Crippen LogP contribution in [-0.2, 0) is 19.1 Å². The number of carbonyl (C=O) groups excluding carboxylic acids is 1. The van der Waals surface area contributed by atoms with E-state index in [1.165, 1.54) is 0 Å². The third-order valence-electron chi connectivity index (χ3n) is 3.69. The molecule has 0 aromatic heterocycles. The predicted octanol–water partition coefficient (Wildman–Crippen LogP) is -5.51. The van der Waals surface area contributed by atoms with Crippen molar-refractivity contribution >= 4 is 17.7 Å². The van der Waals surface area contributed by atoms with E-state index in [0.717, 1.165) is 11.6 Å². The fourth-order valence-electron chi connectivity index (χ4n) is 2.71. The molecule has 3 aliphatic heterocycles. The highest BCUT2D eigenvalue weighted by atomic mass is 35.5. The topological polar surface area (TPSA) is 117 Å². The number of rotatable bonds is 4. The van der Waals surface area contributed by atoms with E-state index in [2.05, 4.69) is 10.2 Å². The molecule has 3 heterocycles. The van der Waals surface area contributed by atoms with E-state index in [4.69, 9.17) is 9.47 Å². The predicted molar refractivity (Wildman–Crippen MR) is 66.3 cm³/mol. The molecular formula is C10H16ClN3O6S. The van der Waals surface area contributed by atoms with Crippen LogP contribution in [0.15, 0.2) is 0 Å². The minimum atomic E-state index is -0.837. The van der Waals surface area contributed by atoms with E-state index in [1.807, 2.05) is 5.32 Å². The van der Waals surface area contributed by atoms with Gasteiger partial charge in [-0.25, -0.2) is 0 Å². The van der Waals surface area contributed by atoms with Crippen LogP contribution in [0.25, 0.3) is 0 Å². The Kier molecular flexibility index (Phi) is 5.49. The Morgan fingerprint density at radius 3 is 2.81 bits per heavy atom. The zero-order chi connectivity index (χ0) is 14.1. The first-order valence-corrected chi connectivity index (χ1v) is 7.56. The van der Waals surface area contributed by atoms with Crippen molar-refractivity contribution in [1.82, 2.24) is 5.32 Å². The lowest BCUT2D eigenvalue weighted by Gasteiger charge is -2.18. The summed E-state index contributed by atoms with van der Waals surface area (Å²) in [5.74, 6) is 1.65. The van der Waals surface area contributed by atoms with Crippen molar-refractivity contribution in [2.24, 2.45) is 0 Å². The molecule has 0 unspecified atom stereocenters. The van der Waals surface area contributed by atoms with Crippen LogP contribution in [0.1, 0.15) is 0 Å². The molecule has 5 atom stereocenters. The minimum absolute atomic E-state index is 0. The Morgan fingerprint density at radius 1 is 1.38 bits per heavy atom. The lowest BCUT2D eigenvalue weighted by atomic mass is 10.1. The maximum atomic E-state index is 12.0. The molecule has 120 valence electrons. The Bertz CT molecular complexity index is 410. The van der Waals surface area contributed by atoms with E-state index in [-0.39, 0.29) is 43.1 Å². The number of carbonyl (C=O) groups is 1. The van der Waals surface area contributed by atoms with Gasteiger partial charge in [0.15, 0.2) is 12.1 Å². The lowest BCUT2D eigenvalue weighted by molar-refractivity contribution is -0.769. The van der Waals surface area contributed by atoms with Gasteiger partial charge in [0, 0.05) is 0 Å². The van der Waals surface area contributed by atoms with Crippen molar-refractivity contribution in [2.45, 2.75) is 30.4 Å². The molecule has 3 aliphatic rings. The number of nitrogens with two attached hydrogens (primary N) is 1. The van der Waals surface area contributed by atoms with Crippen LogP contribution in [-0.4, -0.2) is 66.2 Å². The molecule has 0 spiro atoms. The van der Waals surface area contributed by atoms with Crippen molar-refractivity contribution in [2.75, 3.05) is 24.8 Å². The van der Waals surface area contributed by atoms with E-state index in [0.29, 0.717) is 6.61 Å². The normalized spacial score (nSPS) is 37.6. The Labute approximate surface area is 130 Å². The molecule has 1 amide bonds. The van der Waals surface area contributed by atoms with Gasteiger partial charge in [0.05, 0.1) is 25.0 Å². The van der Waals surface area contributed by atoms with Gasteiger partial charge in [-0.3, -0.25) is 4.79 Å². The summed E-state index contributed by atoms with van der Waals surface area (Å²) in [4.78, 5) is 26.9. The highest BCUT2D eigenvalue weighted by molar-refractivity contribution is 7.99. The third-order valence-corrected chi connectivity index (χ3v) is 4.71. The summed E-state index contributed by atoms with van der Waals surface area (Å²) >= 11 is 1.72. The second-order valence-corrected chi connectivity index (χ2v) is 6.03. The van der Waals surface area contributed by atoms with Gasteiger partial charge >= 0.3 is 0 Å². The summed E-state index contributed by atoms with van der Waals surface area (Å²) in [6, 6.07) is -0.349. The largest absolute Gasteiger partial charge is 1.00 e. The minimum Gasteiger partial charge on any atom is -1.00 e. The first kappa shape index (κ1) is 16.6. The monoisotopic (exact) mass is 341 g/mol. The van der Waals surface area contributed by atoms with Crippen molar-refractivity contribution in [3.05, 3.63) is 10.1 Å². The molecule has 0 saturated carbocycles. The van der Waals surface area contributed by atoms with Crippen LogP contribution < -0.4 is 23.0 Å². The van der Waals surface area contributed by atoms with E-state index >= 15 is 0 Å². The standard InChI is InChI=1S/C10H15N3O6S.ClH/c14-10(6-3-20-4-11-6)12-5-1-17-9-7(19-13(15)16)2-18-8(5)9;/h5-9,11H,1-4H2,(H,12,14);1H/t5-,6-,7-,8+,9+;/m0./s1. The molecule has 0 aliphatic carbocycles. The average molecular weight is 342 g/mol. The fourth-order valence-corrected chi connectivity index (χ4v) is 3.75. The number of nitrogens with one attached hydrogen (secondary N) is 1. The number of hydrogen-bond donors (Lipinski definition) is 2. The number of hydrogen-bond acceptors (Lipinski definition) is 7. The van der Waals surface area contributed by atoms with Crippen LogP contribution in [0.3, 0.4) is 0 Å². The number of fused-ring (bicyclic) bond motifs is 1. The van der Waals surface area contributed by atoms with Gasteiger partial charge in [-0.15, -0.1) is 10.1 Å². The molecule has 0 bridgehead atoms. The molecule has 3 N–H and O–H groups in total. The SMILES string of the molecule is O=C(N[C@H]1CO[C@H]2[C@@H]1OC[C@@H]2O[N+](=O)[O-])[C@@H]1CSC[NH2+]1.[Cl-]. The second-order valence-electron chi connectivity index (χ2n) is 4.96. The Balaban J connectivity index is 0.00000161. The zero-order valence-electron chi connectivity index (χ0n) is 11.0. The number of thioether (sulfide) groups is 1. The molecule has 11 heteroatoms. The summed E-state index contributed by atoms with van der Waals surface area (Å²) in [6.45, 7) is 0.395. The maximum Gasteiger partial charge on any atom is 0.294 e. The van der Waals surface area contributed by atoms with Crippen molar-refractivity contribution in [3.8, 4) is 0 Å². The first-order chi connectivity index (χ1) is 9.65. The molecule has 3 saturated heterocycles. The fraction of sp³-hybridized carbons (Fsp3) is 0.900. The molecule has 0 radical (unpaired) electrons. The van der Waals surface area contributed by atoms with Gasteiger partial charge in [-0.1, -0.05) is 11.8 Å². The van der Waals surface area contributed by atoms with Gasteiger partial charge in [0.1, 0.15) is 18.1 Å². The third kappa shape index (κ3) is 3.51. The second kappa shape index (κ2) is 6.97. The van der Waals surface area contributed by atoms with Crippen molar-refractivity contribution in [3.63, 3.8) is 0 Å². The van der Waals surface area contributed by atoms with Crippen LogP contribution in [0.5, 0.6) is 0 Å². The number of nitrogens with zero attached hydrogens (tertiary/aromatic N) is 1. The summed E-state index contributed by atoms with van der Waals surface area (Å²) in [5, 5.41) is 14.4. The van der Waals surface area contributed by atoms with Gasteiger partial charge < -0.3 is 37.4 Å². The molecule has 9 nitrogen and oxygen atoms in total. The maximum absolute atomic E-state index is 12.0. The molecule has 0 aromatic carbocycles. The number of amides is 1. The van der Waals surface area contributed by atoms with E-state index in [9.17, 15) is 14.9 Å². The van der Waals surface area contributed by atoms with Crippen LogP contribution >= 0.6 is 11.8 Å². The number of halogens is 1. The molecule has 21 heavy (non-hydrogen) atoms. The smallest absolute Gasteiger partial charge is 0.294 e. The first-order valence-electron chi connectivity index (χ1n) is 6.41. The van der Waals surface area contributed by atoms with Gasteiger partial charge in [-0.05, 0) is 0 Å². The lowest BCUT2D eigenvalue weighted by Crippen LogP contribution is -3.00. The van der Waals surface area contributed by atoms with Crippen LogP contribution in [0, 0.1) is 10.1 Å².